The van der Waals surface area contributed by atoms with E-state index in [2.05, 4.69) is 23.1 Å². The van der Waals surface area contributed by atoms with Crippen molar-refractivity contribution in [2.75, 3.05) is 0 Å². The number of aromatic nitrogens is 2. The molecule has 0 atom stereocenters. The second kappa shape index (κ2) is 4.57. The summed E-state index contributed by atoms with van der Waals surface area (Å²) in [5.41, 5.74) is 0.621. The summed E-state index contributed by atoms with van der Waals surface area (Å²) in [5, 5.41) is 0.368. The topological polar surface area (TPSA) is 56.0 Å². The fraction of sp³-hybridized carbons (Fsp3) is 0. The Morgan fingerprint density at radius 2 is 2.29 bits per heavy atom. The van der Waals surface area contributed by atoms with Crippen molar-refractivity contribution >= 4 is 17.1 Å². The van der Waals surface area contributed by atoms with Crippen LogP contribution in [0.5, 0.6) is 0 Å². The van der Waals surface area contributed by atoms with Gasteiger partial charge in [0.1, 0.15) is 5.39 Å². The predicted octanol–water partition coefficient (Wildman–Crippen LogP) is 2.34. The molecule has 2 aromatic heterocycles. The normalized spacial score (nSPS) is 10.8. The molecule has 0 saturated carbocycles. The van der Waals surface area contributed by atoms with E-state index in [1.165, 1.54) is 0 Å². The van der Waals surface area contributed by atoms with Crippen molar-refractivity contribution in [3.05, 3.63) is 65.5 Å². The van der Waals surface area contributed by atoms with Gasteiger partial charge in [0.15, 0.2) is 5.65 Å². The van der Waals surface area contributed by atoms with E-state index < -0.39 is 5.63 Å². The summed E-state index contributed by atoms with van der Waals surface area (Å²) in [4.78, 5) is 19.7. The van der Waals surface area contributed by atoms with E-state index in [-0.39, 0.29) is 5.89 Å². The molecule has 0 bridgehead atoms. The first-order valence-electron chi connectivity index (χ1n) is 4.96. The van der Waals surface area contributed by atoms with Gasteiger partial charge in [-0.3, -0.25) is 0 Å². The van der Waals surface area contributed by atoms with Crippen LogP contribution in [0.25, 0.3) is 17.1 Å². The largest absolute Gasteiger partial charge is 0.404 e. The summed E-state index contributed by atoms with van der Waals surface area (Å²) < 4.78 is 5.02. The molecule has 2 rings (SSSR count). The molecule has 2 aromatic rings. The van der Waals surface area contributed by atoms with Gasteiger partial charge in [-0.25, -0.2) is 9.78 Å². The van der Waals surface area contributed by atoms with Crippen molar-refractivity contribution < 1.29 is 4.42 Å². The van der Waals surface area contributed by atoms with Crippen LogP contribution in [0.15, 0.2) is 58.4 Å². The Morgan fingerprint density at radius 3 is 3.06 bits per heavy atom. The molecule has 0 spiro atoms. The molecule has 0 aliphatic rings. The van der Waals surface area contributed by atoms with Gasteiger partial charge >= 0.3 is 5.63 Å². The van der Waals surface area contributed by atoms with Gasteiger partial charge in [0, 0.05) is 12.3 Å². The molecule has 2 heterocycles. The number of fused-ring (bicyclic) bond motifs is 1. The third-order valence-electron chi connectivity index (χ3n) is 2.12. The van der Waals surface area contributed by atoms with E-state index in [9.17, 15) is 4.79 Å². The standard InChI is InChI=1S/C13H10N2O2/c1-3-9(2)6-7-11-15-12-10(13(16)17-11)5-4-8-14-12/h3-8H,1-2H2. The summed E-state index contributed by atoms with van der Waals surface area (Å²) in [6.07, 6.45) is 6.38. The van der Waals surface area contributed by atoms with E-state index in [1.807, 2.05) is 0 Å². The molecule has 4 nitrogen and oxygen atoms in total. The molecule has 0 aliphatic heterocycles. The van der Waals surface area contributed by atoms with Crippen LogP contribution in [0.3, 0.4) is 0 Å². The molecule has 0 fully saturated rings. The van der Waals surface area contributed by atoms with E-state index in [0.29, 0.717) is 16.6 Å². The van der Waals surface area contributed by atoms with Gasteiger partial charge in [0.2, 0.25) is 5.89 Å². The van der Waals surface area contributed by atoms with Gasteiger partial charge in [-0.05, 0) is 17.7 Å². The van der Waals surface area contributed by atoms with E-state index >= 15 is 0 Å². The highest BCUT2D eigenvalue weighted by Crippen LogP contribution is 2.06. The Balaban J connectivity index is 2.51. The fourth-order valence-corrected chi connectivity index (χ4v) is 1.24. The third kappa shape index (κ3) is 2.36. The average molecular weight is 226 g/mol. The maximum atomic E-state index is 11.6. The van der Waals surface area contributed by atoms with Crippen molar-refractivity contribution in [2.45, 2.75) is 0 Å². The first-order chi connectivity index (χ1) is 8.20. The Kier molecular flexibility index (Phi) is 2.96. The molecule has 0 aliphatic carbocycles. The molecule has 84 valence electrons. The fourth-order valence-electron chi connectivity index (χ4n) is 1.24. The van der Waals surface area contributed by atoms with Gasteiger partial charge in [-0.15, -0.1) is 0 Å². The second-order valence-electron chi connectivity index (χ2n) is 3.33. The summed E-state index contributed by atoms with van der Waals surface area (Å²) in [6, 6.07) is 3.29. The Bertz CT molecular complexity index is 668. The highest BCUT2D eigenvalue weighted by Gasteiger charge is 2.03. The number of allylic oxidation sites excluding steroid dienone is 3. The van der Waals surface area contributed by atoms with Crippen LogP contribution in [0.1, 0.15) is 5.89 Å². The highest BCUT2D eigenvalue weighted by atomic mass is 16.4. The zero-order valence-electron chi connectivity index (χ0n) is 9.09. The van der Waals surface area contributed by atoms with E-state index in [0.717, 1.165) is 0 Å². The summed E-state index contributed by atoms with van der Waals surface area (Å²) in [7, 11) is 0. The van der Waals surface area contributed by atoms with Gasteiger partial charge in [-0.1, -0.05) is 25.3 Å². The van der Waals surface area contributed by atoms with Crippen LogP contribution >= 0.6 is 0 Å². The maximum Gasteiger partial charge on any atom is 0.348 e. The smallest absolute Gasteiger partial charge is 0.348 e. The number of pyridine rings is 1. The van der Waals surface area contributed by atoms with Crippen LogP contribution in [0.2, 0.25) is 0 Å². The van der Waals surface area contributed by atoms with Crippen molar-refractivity contribution in [3.8, 4) is 0 Å². The first kappa shape index (κ1) is 11.0. The Labute approximate surface area is 97.6 Å². The monoisotopic (exact) mass is 226 g/mol. The molecular formula is C13H10N2O2. The first-order valence-corrected chi connectivity index (χ1v) is 4.96. The molecule has 0 radical (unpaired) electrons. The van der Waals surface area contributed by atoms with Crippen LogP contribution in [-0.2, 0) is 0 Å². The second-order valence-corrected chi connectivity index (χ2v) is 3.33. The highest BCUT2D eigenvalue weighted by molar-refractivity contribution is 5.73. The molecule has 0 aromatic carbocycles. The van der Waals surface area contributed by atoms with Gasteiger partial charge < -0.3 is 4.42 Å². The van der Waals surface area contributed by atoms with Gasteiger partial charge in [0.25, 0.3) is 0 Å². The maximum absolute atomic E-state index is 11.6. The summed E-state index contributed by atoms with van der Waals surface area (Å²) in [5.74, 6) is 0.198. The van der Waals surface area contributed by atoms with Crippen molar-refractivity contribution in [3.63, 3.8) is 0 Å². The lowest BCUT2D eigenvalue weighted by Crippen LogP contribution is -2.03. The van der Waals surface area contributed by atoms with Crippen LogP contribution in [-0.4, -0.2) is 9.97 Å². The molecule has 0 unspecified atom stereocenters. The van der Waals surface area contributed by atoms with E-state index in [4.69, 9.17) is 4.42 Å². The molecular weight excluding hydrogens is 216 g/mol. The van der Waals surface area contributed by atoms with Crippen molar-refractivity contribution in [1.82, 2.24) is 9.97 Å². The lowest BCUT2D eigenvalue weighted by Gasteiger charge is -1.95. The van der Waals surface area contributed by atoms with Crippen LogP contribution in [0, 0.1) is 0 Å². The number of rotatable bonds is 3. The number of nitrogens with zero attached hydrogens (tertiary/aromatic N) is 2. The zero-order chi connectivity index (χ0) is 12.3. The third-order valence-corrected chi connectivity index (χ3v) is 2.12. The van der Waals surface area contributed by atoms with E-state index in [1.54, 1.807) is 36.6 Å². The summed E-state index contributed by atoms with van der Waals surface area (Å²) >= 11 is 0. The molecule has 0 saturated heterocycles. The molecule has 4 heteroatoms. The van der Waals surface area contributed by atoms with Gasteiger partial charge in [-0.2, -0.15) is 4.98 Å². The number of hydrogen-bond donors (Lipinski definition) is 0. The Morgan fingerprint density at radius 1 is 1.47 bits per heavy atom. The zero-order valence-corrected chi connectivity index (χ0v) is 9.09. The quantitative estimate of drug-likeness (QED) is 0.754. The lowest BCUT2D eigenvalue weighted by atomic mass is 10.3. The summed E-state index contributed by atoms with van der Waals surface area (Å²) in [6.45, 7) is 7.27. The predicted molar refractivity (Wildman–Crippen MR) is 66.4 cm³/mol. The SMILES string of the molecule is C=CC(=C)C=Cc1nc2ncccc2c(=O)o1. The lowest BCUT2D eigenvalue weighted by molar-refractivity contribution is 0.489. The molecule has 17 heavy (non-hydrogen) atoms. The van der Waals surface area contributed by atoms with Crippen LogP contribution in [0.4, 0.5) is 0 Å². The van der Waals surface area contributed by atoms with Crippen molar-refractivity contribution in [1.29, 1.82) is 0 Å². The minimum Gasteiger partial charge on any atom is -0.404 e. The Hall–Kier alpha value is -2.49. The van der Waals surface area contributed by atoms with Crippen molar-refractivity contribution in [2.24, 2.45) is 0 Å². The van der Waals surface area contributed by atoms with Gasteiger partial charge in [0.05, 0.1) is 0 Å². The number of hydrogen-bond acceptors (Lipinski definition) is 4. The average Bonchev–Trinajstić information content (AvgIpc) is 2.36. The molecule has 0 N–H and O–H groups in total. The minimum atomic E-state index is -0.452. The minimum absolute atomic E-state index is 0.198. The molecule has 0 amide bonds. The van der Waals surface area contributed by atoms with Crippen LogP contribution < -0.4 is 5.63 Å².